The van der Waals surface area contributed by atoms with Crippen molar-refractivity contribution in [2.24, 2.45) is 5.73 Å². The van der Waals surface area contributed by atoms with Crippen molar-refractivity contribution in [1.82, 2.24) is 20.2 Å². The molecule has 1 aromatic carbocycles. The van der Waals surface area contributed by atoms with E-state index in [4.69, 9.17) is 28.9 Å². The van der Waals surface area contributed by atoms with Gasteiger partial charge in [0.05, 0.1) is 46.4 Å². The number of rotatable bonds is 7. The van der Waals surface area contributed by atoms with E-state index in [2.05, 4.69) is 15.3 Å². The number of nitrogens with zero attached hydrogens (tertiary/aromatic N) is 3. The SMILES string of the molecule is Cl.N[C@@H](CCCCNC(=O)c1cnc2cc(Cl)c(Cl)cc2n1)C(=O)N1CC(F)(F)C1. The van der Waals surface area contributed by atoms with Crippen LogP contribution >= 0.6 is 35.6 Å². The van der Waals surface area contributed by atoms with Gasteiger partial charge in [-0.15, -0.1) is 12.4 Å². The fraction of sp³-hybridized carbons (Fsp3) is 0.444. The number of hydrogen-bond acceptors (Lipinski definition) is 5. The molecule has 2 heterocycles. The molecule has 2 aromatic rings. The van der Waals surface area contributed by atoms with Crippen LogP contribution in [0.3, 0.4) is 0 Å². The van der Waals surface area contributed by atoms with E-state index in [0.29, 0.717) is 46.9 Å². The smallest absolute Gasteiger partial charge is 0.282 e. The van der Waals surface area contributed by atoms with Gasteiger partial charge in [-0.05, 0) is 31.4 Å². The van der Waals surface area contributed by atoms with Crippen molar-refractivity contribution >= 4 is 58.5 Å². The highest BCUT2D eigenvalue weighted by Crippen LogP contribution is 2.27. The van der Waals surface area contributed by atoms with Crippen LogP contribution in [0.25, 0.3) is 11.0 Å². The highest BCUT2D eigenvalue weighted by atomic mass is 35.5. The zero-order valence-corrected chi connectivity index (χ0v) is 18.0. The maximum Gasteiger partial charge on any atom is 0.282 e. The first-order valence-corrected chi connectivity index (χ1v) is 9.74. The second kappa shape index (κ2) is 10.00. The van der Waals surface area contributed by atoms with Crippen molar-refractivity contribution in [3.63, 3.8) is 0 Å². The number of nitrogens with two attached hydrogens (primary N) is 1. The number of carbonyl (C=O) groups excluding carboxylic acids is 2. The minimum absolute atomic E-state index is 0. The quantitative estimate of drug-likeness (QED) is 0.591. The third kappa shape index (κ3) is 5.87. The van der Waals surface area contributed by atoms with Crippen molar-refractivity contribution in [2.75, 3.05) is 19.6 Å². The van der Waals surface area contributed by atoms with Crippen LogP contribution in [0.1, 0.15) is 29.8 Å². The molecule has 30 heavy (non-hydrogen) atoms. The Balaban J connectivity index is 0.00000320. The molecular formula is C18H20Cl3F2N5O2. The lowest BCUT2D eigenvalue weighted by atomic mass is 10.1. The Morgan fingerprint density at radius 3 is 2.47 bits per heavy atom. The summed E-state index contributed by atoms with van der Waals surface area (Å²) in [7, 11) is 0. The summed E-state index contributed by atoms with van der Waals surface area (Å²) in [6.45, 7) is -0.789. The van der Waals surface area contributed by atoms with E-state index in [0.717, 1.165) is 4.90 Å². The molecule has 0 spiro atoms. The molecule has 3 rings (SSSR count). The largest absolute Gasteiger partial charge is 0.351 e. The molecule has 0 radical (unpaired) electrons. The van der Waals surface area contributed by atoms with E-state index in [1.807, 2.05) is 0 Å². The summed E-state index contributed by atoms with van der Waals surface area (Å²) < 4.78 is 25.6. The van der Waals surface area contributed by atoms with Crippen molar-refractivity contribution < 1.29 is 18.4 Å². The van der Waals surface area contributed by atoms with Crippen LogP contribution < -0.4 is 11.1 Å². The number of fused-ring (bicyclic) bond motifs is 1. The fourth-order valence-electron chi connectivity index (χ4n) is 2.93. The number of nitrogens with one attached hydrogen (secondary N) is 1. The first-order valence-electron chi connectivity index (χ1n) is 8.98. The van der Waals surface area contributed by atoms with Gasteiger partial charge < -0.3 is 16.0 Å². The highest BCUT2D eigenvalue weighted by molar-refractivity contribution is 6.42. The van der Waals surface area contributed by atoms with E-state index in [-0.39, 0.29) is 18.1 Å². The van der Waals surface area contributed by atoms with Crippen LogP contribution in [-0.4, -0.2) is 58.3 Å². The highest BCUT2D eigenvalue weighted by Gasteiger charge is 2.47. The summed E-state index contributed by atoms with van der Waals surface area (Å²) in [4.78, 5) is 33.5. The summed E-state index contributed by atoms with van der Waals surface area (Å²) in [5.74, 6) is -3.66. The maximum absolute atomic E-state index is 12.8. The Morgan fingerprint density at radius 1 is 1.20 bits per heavy atom. The lowest BCUT2D eigenvalue weighted by molar-refractivity contribution is -0.167. The third-order valence-electron chi connectivity index (χ3n) is 4.52. The van der Waals surface area contributed by atoms with Gasteiger partial charge in [0.15, 0.2) is 0 Å². The summed E-state index contributed by atoms with van der Waals surface area (Å²) in [6, 6.07) is 2.29. The molecule has 3 N–H and O–H groups in total. The number of carbonyl (C=O) groups is 2. The molecule has 0 saturated carbocycles. The lowest BCUT2D eigenvalue weighted by Crippen LogP contribution is -2.61. The lowest BCUT2D eigenvalue weighted by Gasteiger charge is -2.39. The van der Waals surface area contributed by atoms with E-state index in [1.165, 1.54) is 12.3 Å². The number of benzene rings is 1. The molecule has 1 aliphatic heterocycles. The van der Waals surface area contributed by atoms with Crippen molar-refractivity contribution in [1.29, 1.82) is 0 Å². The molecule has 0 unspecified atom stereocenters. The Hall–Kier alpha value is -1.81. The molecule has 0 bridgehead atoms. The zero-order chi connectivity index (χ0) is 21.2. The van der Waals surface area contributed by atoms with E-state index < -0.39 is 36.9 Å². The number of aromatic nitrogens is 2. The molecule has 1 fully saturated rings. The Bertz CT molecular complexity index is 939. The van der Waals surface area contributed by atoms with Crippen LogP contribution in [0.4, 0.5) is 8.78 Å². The minimum atomic E-state index is -2.80. The zero-order valence-electron chi connectivity index (χ0n) is 15.7. The fourth-order valence-corrected chi connectivity index (χ4v) is 3.24. The second-order valence-electron chi connectivity index (χ2n) is 6.92. The van der Waals surface area contributed by atoms with Crippen LogP contribution in [-0.2, 0) is 4.79 Å². The van der Waals surface area contributed by atoms with Gasteiger partial charge in [0, 0.05) is 6.54 Å². The number of halogens is 5. The van der Waals surface area contributed by atoms with Gasteiger partial charge in [0.25, 0.3) is 11.8 Å². The Kier molecular flexibility index (Phi) is 8.15. The summed E-state index contributed by atoms with van der Waals surface area (Å²) in [6.07, 6.45) is 2.84. The van der Waals surface area contributed by atoms with E-state index in [9.17, 15) is 18.4 Å². The Labute approximate surface area is 187 Å². The second-order valence-corrected chi connectivity index (χ2v) is 7.73. The number of likely N-dealkylation sites (tertiary alicyclic amines) is 1. The normalized spacial score (nSPS) is 15.8. The first-order chi connectivity index (χ1) is 13.7. The summed E-state index contributed by atoms with van der Waals surface area (Å²) >= 11 is 11.9. The standard InChI is InChI=1S/C18H19Cl2F2N5O2.ClH/c19-10-5-13-14(6-11(10)20)26-15(7-25-13)16(28)24-4-2-1-3-12(23)17(29)27-8-18(21,22)9-27;/h5-7,12H,1-4,8-9,23H2,(H,24,28);1H/t12-;/m0./s1. The molecule has 12 heteroatoms. The molecule has 1 aliphatic rings. The molecule has 2 amide bonds. The Morgan fingerprint density at radius 2 is 1.83 bits per heavy atom. The predicted octanol–water partition coefficient (Wildman–Crippen LogP) is 3.06. The van der Waals surface area contributed by atoms with Crippen molar-refractivity contribution in [3.05, 3.63) is 34.1 Å². The molecule has 164 valence electrons. The van der Waals surface area contributed by atoms with E-state index >= 15 is 0 Å². The van der Waals surface area contributed by atoms with Crippen molar-refractivity contribution in [3.8, 4) is 0 Å². The molecule has 7 nitrogen and oxygen atoms in total. The number of hydrogen-bond donors (Lipinski definition) is 2. The van der Waals surface area contributed by atoms with Crippen LogP contribution in [0.2, 0.25) is 10.0 Å². The van der Waals surface area contributed by atoms with E-state index in [1.54, 1.807) is 6.07 Å². The third-order valence-corrected chi connectivity index (χ3v) is 5.24. The molecule has 1 saturated heterocycles. The summed E-state index contributed by atoms with van der Waals surface area (Å²) in [5, 5.41) is 3.38. The average molecular weight is 483 g/mol. The molecule has 0 aliphatic carbocycles. The molecule has 1 atom stereocenters. The molecular weight excluding hydrogens is 463 g/mol. The first kappa shape index (κ1) is 24.5. The number of amides is 2. The maximum atomic E-state index is 12.8. The van der Waals surface area contributed by atoms with Gasteiger partial charge in [-0.2, -0.15) is 0 Å². The van der Waals surface area contributed by atoms with Gasteiger partial charge in [0.1, 0.15) is 5.69 Å². The van der Waals surface area contributed by atoms with Crippen molar-refractivity contribution in [2.45, 2.75) is 31.2 Å². The van der Waals surface area contributed by atoms with Gasteiger partial charge in [-0.1, -0.05) is 23.2 Å². The van der Waals surface area contributed by atoms with Gasteiger partial charge in [0.2, 0.25) is 5.91 Å². The predicted molar refractivity (Wildman–Crippen MR) is 112 cm³/mol. The van der Waals surface area contributed by atoms with Gasteiger partial charge in [-0.3, -0.25) is 14.6 Å². The number of unbranched alkanes of at least 4 members (excludes halogenated alkanes) is 1. The van der Waals surface area contributed by atoms with Crippen LogP contribution in [0.15, 0.2) is 18.3 Å². The van der Waals surface area contributed by atoms with Crippen LogP contribution in [0, 0.1) is 0 Å². The van der Waals surface area contributed by atoms with Gasteiger partial charge >= 0.3 is 0 Å². The monoisotopic (exact) mass is 481 g/mol. The average Bonchev–Trinajstić information content (AvgIpc) is 2.65. The topological polar surface area (TPSA) is 101 Å². The van der Waals surface area contributed by atoms with Gasteiger partial charge in [-0.25, -0.2) is 13.8 Å². The number of alkyl halides is 2. The molecule has 1 aromatic heterocycles. The summed E-state index contributed by atoms with van der Waals surface area (Å²) in [5.41, 5.74) is 6.88. The van der Waals surface area contributed by atoms with Crippen LogP contribution in [0.5, 0.6) is 0 Å². The minimum Gasteiger partial charge on any atom is -0.351 e.